The number of ether oxygens (including phenoxy) is 1. The number of hydrogen-bond donors (Lipinski definition) is 1. The van der Waals surface area contributed by atoms with Crippen molar-refractivity contribution < 1.29 is 4.74 Å². The predicted octanol–water partition coefficient (Wildman–Crippen LogP) is 2.53. The fourth-order valence-electron chi connectivity index (χ4n) is 1.46. The van der Waals surface area contributed by atoms with E-state index in [1.807, 2.05) is 23.2 Å². The molecule has 0 bridgehead atoms. The summed E-state index contributed by atoms with van der Waals surface area (Å²) in [4.78, 5) is 0. The first kappa shape index (κ1) is 10.8. The van der Waals surface area contributed by atoms with Gasteiger partial charge >= 0.3 is 0 Å². The highest BCUT2D eigenvalue weighted by Gasteiger charge is 2.24. The maximum Gasteiger partial charge on any atom is 0.0977 e. The van der Waals surface area contributed by atoms with Gasteiger partial charge < -0.3 is 10.5 Å². The largest absolute Gasteiger partial charge is 0.375 e. The van der Waals surface area contributed by atoms with Gasteiger partial charge in [-0.15, -0.1) is 11.3 Å². The molecule has 2 rings (SSSR count). The fourth-order valence-corrected chi connectivity index (χ4v) is 3.39. The van der Waals surface area contributed by atoms with Crippen LogP contribution in [-0.2, 0) is 4.74 Å². The molecule has 0 amide bonds. The molecule has 14 heavy (non-hydrogen) atoms. The Kier molecular flexibility index (Phi) is 3.73. The van der Waals surface area contributed by atoms with Crippen molar-refractivity contribution in [2.24, 2.45) is 5.73 Å². The van der Waals surface area contributed by atoms with Crippen molar-refractivity contribution in [2.75, 3.05) is 18.1 Å². The van der Waals surface area contributed by atoms with Gasteiger partial charge in [-0.2, -0.15) is 11.8 Å². The molecule has 5 heteroatoms. The minimum Gasteiger partial charge on any atom is -0.375 e. The number of halogens is 1. The highest BCUT2D eigenvalue weighted by molar-refractivity contribution is 7.99. The van der Waals surface area contributed by atoms with Gasteiger partial charge in [0.2, 0.25) is 0 Å². The van der Waals surface area contributed by atoms with Gasteiger partial charge in [0.15, 0.2) is 0 Å². The zero-order valence-corrected chi connectivity index (χ0v) is 10.00. The Morgan fingerprint density at radius 2 is 2.50 bits per heavy atom. The molecule has 2 nitrogen and oxygen atoms in total. The van der Waals surface area contributed by atoms with Gasteiger partial charge in [0.05, 0.1) is 23.1 Å². The fraction of sp³-hybridized carbons (Fsp3) is 0.556. The molecule has 0 spiro atoms. The average molecular weight is 250 g/mol. The van der Waals surface area contributed by atoms with Crippen LogP contribution in [0, 0.1) is 0 Å². The van der Waals surface area contributed by atoms with Crippen LogP contribution < -0.4 is 5.73 Å². The lowest BCUT2D eigenvalue weighted by Gasteiger charge is -2.27. The van der Waals surface area contributed by atoms with Crippen LogP contribution in [0.1, 0.15) is 11.6 Å². The maximum absolute atomic E-state index is 6.10. The lowest BCUT2D eigenvalue weighted by molar-refractivity contribution is 0.0570. The molecule has 2 N–H and O–H groups in total. The van der Waals surface area contributed by atoms with E-state index in [-0.39, 0.29) is 12.1 Å². The molecule has 0 aromatic carbocycles. The van der Waals surface area contributed by atoms with E-state index in [1.165, 1.54) is 11.3 Å². The molecule has 2 unspecified atom stereocenters. The Morgan fingerprint density at radius 1 is 1.64 bits per heavy atom. The van der Waals surface area contributed by atoms with E-state index in [0.717, 1.165) is 28.0 Å². The SMILES string of the molecule is NC(c1ccsc1Cl)C1CSCCO1. The first-order valence-electron chi connectivity index (χ1n) is 4.47. The summed E-state index contributed by atoms with van der Waals surface area (Å²) in [5.74, 6) is 2.04. The molecule has 1 fully saturated rings. The van der Waals surface area contributed by atoms with Crippen molar-refractivity contribution in [3.05, 3.63) is 21.3 Å². The number of nitrogens with two attached hydrogens (primary N) is 1. The third kappa shape index (κ3) is 2.25. The third-order valence-electron chi connectivity index (χ3n) is 2.25. The molecule has 78 valence electrons. The van der Waals surface area contributed by atoms with E-state index in [2.05, 4.69) is 0 Å². The smallest absolute Gasteiger partial charge is 0.0977 e. The van der Waals surface area contributed by atoms with Crippen molar-refractivity contribution in [2.45, 2.75) is 12.1 Å². The maximum atomic E-state index is 6.10. The van der Waals surface area contributed by atoms with Gasteiger partial charge in [-0.3, -0.25) is 0 Å². The quantitative estimate of drug-likeness (QED) is 0.875. The van der Waals surface area contributed by atoms with Crippen molar-refractivity contribution >= 4 is 34.7 Å². The summed E-state index contributed by atoms with van der Waals surface area (Å²) >= 11 is 9.44. The zero-order chi connectivity index (χ0) is 9.97. The van der Waals surface area contributed by atoms with E-state index >= 15 is 0 Å². The first-order valence-corrected chi connectivity index (χ1v) is 6.88. The first-order chi connectivity index (χ1) is 6.79. The lowest BCUT2D eigenvalue weighted by Crippen LogP contribution is -2.34. The molecule has 1 aliphatic rings. The van der Waals surface area contributed by atoms with Crippen LogP contribution in [0.25, 0.3) is 0 Å². The van der Waals surface area contributed by atoms with E-state index in [9.17, 15) is 0 Å². The lowest BCUT2D eigenvalue weighted by atomic mass is 10.1. The molecule has 1 aliphatic heterocycles. The highest BCUT2D eigenvalue weighted by Crippen LogP contribution is 2.31. The number of thioether (sulfide) groups is 1. The topological polar surface area (TPSA) is 35.2 Å². The van der Waals surface area contributed by atoms with Crippen LogP contribution >= 0.6 is 34.7 Å². The van der Waals surface area contributed by atoms with E-state index in [4.69, 9.17) is 22.1 Å². The Balaban J connectivity index is 2.07. The molecule has 0 saturated carbocycles. The molecule has 1 aromatic heterocycles. The molecular weight excluding hydrogens is 238 g/mol. The van der Waals surface area contributed by atoms with Gasteiger partial charge in [-0.25, -0.2) is 0 Å². The summed E-state index contributed by atoms with van der Waals surface area (Å²) in [5.41, 5.74) is 7.12. The van der Waals surface area contributed by atoms with Crippen LogP contribution in [0.2, 0.25) is 4.34 Å². The zero-order valence-electron chi connectivity index (χ0n) is 7.61. The summed E-state index contributed by atoms with van der Waals surface area (Å²) in [6.07, 6.45) is 0.112. The summed E-state index contributed by atoms with van der Waals surface area (Å²) in [5, 5.41) is 1.97. The van der Waals surface area contributed by atoms with Crippen LogP contribution in [0.15, 0.2) is 11.4 Å². The van der Waals surface area contributed by atoms with Crippen LogP contribution in [0.4, 0.5) is 0 Å². The van der Waals surface area contributed by atoms with Gasteiger partial charge in [0.25, 0.3) is 0 Å². The highest BCUT2D eigenvalue weighted by atomic mass is 35.5. The Hall–Kier alpha value is 0.260. The Morgan fingerprint density at radius 3 is 3.07 bits per heavy atom. The van der Waals surface area contributed by atoms with E-state index in [1.54, 1.807) is 0 Å². The molecular formula is C9H12ClNOS2. The summed E-state index contributed by atoms with van der Waals surface area (Å²) in [6.45, 7) is 0.796. The molecule has 1 saturated heterocycles. The van der Waals surface area contributed by atoms with Gasteiger partial charge in [-0.1, -0.05) is 11.6 Å². The molecule has 0 radical (unpaired) electrons. The van der Waals surface area contributed by atoms with E-state index < -0.39 is 0 Å². The second-order valence-electron chi connectivity index (χ2n) is 3.16. The normalized spacial score (nSPS) is 24.9. The molecule has 0 aliphatic carbocycles. The van der Waals surface area contributed by atoms with Crippen molar-refractivity contribution in [3.63, 3.8) is 0 Å². The second kappa shape index (κ2) is 4.86. The van der Waals surface area contributed by atoms with Gasteiger partial charge in [0, 0.05) is 17.1 Å². The molecule has 2 atom stereocenters. The number of rotatable bonds is 2. The molecule has 2 heterocycles. The second-order valence-corrected chi connectivity index (χ2v) is 5.83. The van der Waals surface area contributed by atoms with Crippen LogP contribution in [0.3, 0.4) is 0 Å². The standard InChI is InChI=1S/C9H12ClNOS2/c10-9-6(1-3-14-9)8(11)7-5-13-4-2-12-7/h1,3,7-8H,2,4-5,11H2. The van der Waals surface area contributed by atoms with Crippen molar-refractivity contribution in [1.82, 2.24) is 0 Å². The van der Waals surface area contributed by atoms with Gasteiger partial charge in [0.1, 0.15) is 0 Å². The monoisotopic (exact) mass is 249 g/mol. The van der Waals surface area contributed by atoms with Crippen LogP contribution in [0.5, 0.6) is 0 Å². The Labute approximate surface area is 96.8 Å². The average Bonchev–Trinajstić information content (AvgIpc) is 2.65. The summed E-state index contributed by atoms with van der Waals surface area (Å²) in [7, 11) is 0. The van der Waals surface area contributed by atoms with Crippen molar-refractivity contribution in [1.29, 1.82) is 0 Å². The predicted molar refractivity (Wildman–Crippen MR) is 63.3 cm³/mol. The van der Waals surface area contributed by atoms with Gasteiger partial charge in [-0.05, 0) is 11.4 Å². The third-order valence-corrected chi connectivity index (χ3v) is 4.47. The minimum atomic E-state index is -0.0819. The number of thiophene rings is 1. The summed E-state index contributed by atoms with van der Waals surface area (Å²) < 4.78 is 6.41. The number of hydrogen-bond acceptors (Lipinski definition) is 4. The van der Waals surface area contributed by atoms with E-state index in [0.29, 0.717) is 0 Å². The minimum absolute atomic E-state index is 0.0819. The van der Waals surface area contributed by atoms with Crippen molar-refractivity contribution in [3.8, 4) is 0 Å². The Bertz CT molecular complexity index is 299. The van der Waals surface area contributed by atoms with Crippen LogP contribution in [-0.4, -0.2) is 24.2 Å². The molecule has 1 aromatic rings. The summed E-state index contributed by atoms with van der Waals surface area (Å²) in [6, 6.07) is 1.90.